The highest BCUT2D eigenvalue weighted by molar-refractivity contribution is 5.76. The van der Waals surface area contributed by atoms with Crippen molar-refractivity contribution in [3.05, 3.63) is 59.7 Å². The third kappa shape index (κ3) is 5.57. The molecule has 174 valence electrons. The van der Waals surface area contributed by atoms with E-state index in [-0.39, 0.29) is 5.91 Å². The van der Waals surface area contributed by atoms with Gasteiger partial charge in [-0.2, -0.15) is 5.10 Å². The number of nitrogens with zero attached hydrogens (tertiary/aromatic N) is 6. The van der Waals surface area contributed by atoms with Crippen LogP contribution in [0.4, 0.5) is 5.82 Å². The minimum Gasteiger partial charge on any atom is -0.352 e. The quantitative estimate of drug-likeness (QED) is 0.572. The molecule has 1 amide bonds. The molecule has 0 saturated carbocycles. The third-order valence-corrected chi connectivity index (χ3v) is 6.28. The van der Waals surface area contributed by atoms with Gasteiger partial charge in [-0.05, 0) is 18.9 Å². The van der Waals surface area contributed by atoms with Crippen LogP contribution in [0.3, 0.4) is 0 Å². The van der Waals surface area contributed by atoms with E-state index in [1.807, 2.05) is 37.0 Å². The van der Waals surface area contributed by atoms with Crippen molar-refractivity contribution in [2.45, 2.75) is 39.8 Å². The molecule has 0 radical (unpaired) electrons. The summed E-state index contributed by atoms with van der Waals surface area (Å²) >= 11 is 0. The summed E-state index contributed by atoms with van der Waals surface area (Å²) in [4.78, 5) is 25.9. The van der Waals surface area contributed by atoms with E-state index in [1.54, 1.807) is 12.4 Å². The Morgan fingerprint density at radius 2 is 1.79 bits per heavy atom. The number of anilines is 1. The topological polar surface area (TPSA) is 79.2 Å². The molecule has 2 aromatic heterocycles. The zero-order valence-corrected chi connectivity index (χ0v) is 19.8. The number of amides is 1. The summed E-state index contributed by atoms with van der Waals surface area (Å²) < 4.78 is 1.93. The largest absolute Gasteiger partial charge is 0.352 e. The second-order valence-electron chi connectivity index (χ2n) is 8.59. The number of rotatable bonds is 8. The first-order chi connectivity index (χ1) is 16.0. The van der Waals surface area contributed by atoms with Crippen LogP contribution in [0, 0.1) is 6.92 Å². The lowest BCUT2D eigenvalue weighted by molar-refractivity contribution is -0.121. The second-order valence-corrected chi connectivity index (χ2v) is 8.59. The molecule has 1 aliphatic heterocycles. The average molecular weight is 448 g/mol. The molecule has 1 N–H and O–H groups in total. The van der Waals surface area contributed by atoms with Crippen molar-refractivity contribution in [2.24, 2.45) is 7.05 Å². The van der Waals surface area contributed by atoms with Crippen LogP contribution >= 0.6 is 0 Å². The Kier molecular flexibility index (Phi) is 7.34. The number of hydrogen-bond acceptors (Lipinski definition) is 6. The maximum absolute atomic E-state index is 11.7. The highest BCUT2D eigenvalue weighted by atomic mass is 16.1. The summed E-state index contributed by atoms with van der Waals surface area (Å²) in [5.74, 6) is 1.02. The monoisotopic (exact) mass is 447 g/mol. The van der Waals surface area contributed by atoms with E-state index in [0.29, 0.717) is 13.0 Å². The first-order valence-electron chi connectivity index (χ1n) is 11.7. The molecule has 1 fully saturated rings. The van der Waals surface area contributed by atoms with Gasteiger partial charge in [-0.25, -0.2) is 4.98 Å². The van der Waals surface area contributed by atoms with E-state index in [2.05, 4.69) is 49.2 Å². The Morgan fingerprint density at radius 1 is 1.06 bits per heavy atom. The number of aryl methyl sites for hydroxylation is 1. The maximum Gasteiger partial charge on any atom is 0.220 e. The van der Waals surface area contributed by atoms with Crippen LogP contribution in [0.25, 0.3) is 11.3 Å². The Morgan fingerprint density at radius 3 is 2.45 bits per heavy atom. The van der Waals surface area contributed by atoms with Gasteiger partial charge < -0.3 is 10.2 Å². The average Bonchev–Trinajstić information content (AvgIpc) is 3.16. The van der Waals surface area contributed by atoms with Crippen LogP contribution in [-0.4, -0.2) is 56.7 Å². The van der Waals surface area contributed by atoms with Gasteiger partial charge in [0.25, 0.3) is 0 Å². The molecule has 0 bridgehead atoms. The zero-order chi connectivity index (χ0) is 23.2. The Hall–Kier alpha value is -3.26. The van der Waals surface area contributed by atoms with Crippen molar-refractivity contribution in [1.82, 2.24) is 30.0 Å². The number of nitrogens with one attached hydrogen (secondary N) is 1. The third-order valence-electron chi connectivity index (χ3n) is 6.28. The summed E-state index contributed by atoms with van der Waals surface area (Å²) in [7, 11) is 1.99. The van der Waals surface area contributed by atoms with E-state index in [4.69, 9.17) is 0 Å². The minimum atomic E-state index is 0.0932. The smallest absolute Gasteiger partial charge is 0.220 e. The van der Waals surface area contributed by atoms with Gasteiger partial charge in [-0.1, -0.05) is 31.2 Å². The van der Waals surface area contributed by atoms with Crippen LogP contribution in [0.15, 0.2) is 42.9 Å². The molecular formula is C25H33N7O. The van der Waals surface area contributed by atoms with Crippen molar-refractivity contribution in [3.63, 3.8) is 0 Å². The molecule has 33 heavy (non-hydrogen) atoms. The van der Waals surface area contributed by atoms with Gasteiger partial charge in [0.15, 0.2) is 5.82 Å². The molecule has 1 aromatic carbocycles. The fraction of sp³-hybridized carbons (Fsp3) is 0.440. The van der Waals surface area contributed by atoms with Gasteiger partial charge in [0.1, 0.15) is 5.69 Å². The van der Waals surface area contributed by atoms with Crippen molar-refractivity contribution >= 4 is 11.7 Å². The summed E-state index contributed by atoms with van der Waals surface area (Å²) in [6.07, 6.45) is 6.91. The van der Waals surface area contributed by atoms with E-state index >= 15 is 0 Å². The van der Waals surface area contributed by atoms with Gasteiger partial charge in [0.05, 0.1) is 6.20 Å². The number of piperazine rings is 1. The van der Waals surface area contributed by atoms with Crippen LogP contribution in [0.5, 0.6) is 0 Å². The number of benzene rings is 1. The summed E-state index contributed by atoms with van der Waals surface area (Å²) in [5.41, 5.74) is 5.53. The lowest BCUT2D eigenvalue weighted by Crippen LogP contribution is -2.46. The Labute approximate surface area is 195 Å². The molecule has 8 nitrogen and oxygen atoms in total. The molecule has 3 heterocycles. The zero-order valence-electron chi connectivity index (χ0n) is 19.8. The highest BCUT2D eigenvalue weighted by Crippen LogP contribution is 2.28. The highest BCUT2D eigenvalue weighted by Gasteiger charge is 2.22. The van der Waals surface area contributed by atoms with Gasteiger partial charge >= 0.3 is 0 Å². The molecule has 1 aliphatic rings. The van der Waals surface area contributed by atoms with Gasteiger partial charge in [-0.3, -0.25) is 19.4 Å². The Balaban J connectivity index is 1.40. The summed E-state index contributed by atoms with van der Waals surface area (Å²) in [6.45, 7) is 9.37. The van der Waals surface area contributed by atoms with E-state index in [1.165, 1.54) is 11.3 Å². The molecule has 4 rings (SSSR count). The van der Waals surface area contributed by atoms with E-state index in [9.17, 15) is 4.79 Å². The first-order valence-corrected chi connectivity index (χ1v) is 11.7. The molecule has 1 saturated heterocycles. The maximum atomic E-state index is 11.7. The van der Waals surface area contributed by atoms with Crippen molar-refractivity contribution < 1.29 is 4.79 Å². The normalized spacial score (nSPS) is 14.5. The molecule has 0 aliphatic carbocycles. The molecule has 3 aromatic rings. The van der Waals surface area contributed by atoms with Crippen LogP contribution in [0.1, 0.15) is 36.6 Å². The SMILES string of the molecule is CCCC(=O)NCc1ccc(-c2nccnc2N2CCN(Cc3cnn(C)c3C)CC2)cc1. The Bertz CT molecular complexity index is 1070. The van der Waals surface area contributed by atoms with Crippen molar-refractivity contribution in [3.8, 4) is 11.3 Å². The second kappa shape index (κ2) is 10.6. The van der Waals surface area contributed by atoms with E-state index in [0.717, 1.165) is 61.8 Å². The minimum absolute atomic E-state index is 0.0932. The predicted octanol–water partition coefficient (Wildman–Crippen LogP) is 2.92. The van der Waals surface area contributed by atoms with Crippen molar-refractivity contribution in [1.29, 1.82) is 0 Å². The van der Waals surface area contributed by atoms with Gasteiger partial charge in [-0.15, -0.1) is 0 Å². The van der Waals surface area contributed by atoms with Gasteiger partial charge in [0, 0.05) is 82.0 Å². The fourth-order valence-corrected chi connectivity index (χ4v) is 4.12. The predicted molar refractivity (Wildman–Crippen MR) is 130 cm³/mol. The summed E-state index contributed by atoms with van der Waals surface area (Å²) in [6, 6.07) is 8.23. The van der Waals surface area contributed by atoms with E-state index < -0.39 is 0 Å². The molecule has 8 heteroatoms. The van der Waals surface area contributed by atoms with Crippen LogP contribution in [0.2, 0.25) is 0 Å². The lowest BCUT2D eigenvalue weighted by Gasteiger charge is -2.35. The number of aromatic nitrogens is 4. The standard InChI is InChI=1S/C25H33N7O/c1-4-5-23(33)28-16-20-6-8-21(9-7-20)24-25(27-11-10-26-24)32-14-12-31(13-15-32)18-22-17-29-30(3)19(22)2/h6-11,17H,4-5,12-16,18H2,1-3H3,(H,28,33). The van der Waals surface area contributed by atoms with Crippen LogP contribution in [-0.2, 0) is 24.9 Å². The molecule has 0 unspecified atom stereocenters. The van der Waals surface area contributed by atoms with Crippen molar-refractivity contribution in [2.75, 3.05) is 31.1 Å². The lowest BCUT2D eigenvalue weighted by atomic mass is 10.1. The first kappa shape index (κ1) is 22.9. The van der Waals surface area contributed by atoms with Crippen LogP contribution < -0.4 is 10.2 Å². The fourth-order valence-electron chi connectivity index (χ4n) is 4.12. The van der Waals surface area contributed by atoms with Gasteiger partial charge in [0.2, 0.25) is 5.91 Å². The molecule has 0 spiro atoms. The summed E-state index contributed by atoms with van der Waals surface area (Å²) in [5, 5.41) is 7.33. The number of carbonyl (C=O) groups is 1. The molecular weight excluding hydrogens is 414 g/mol. The number of carbonyl (C=O) groups excluding carboxylic acids is 1. The molecule has 0 atom stereocenters. The number of hydrogen-bond donors (Lipinski definition) is 1.